The van der Waals surface area contributed by atoms with E-state index in [1.54, 1.807) is 55.5 Å². The smallest absolute Gasteiger partial charge is 0.343 e. The summed E-state index contributed by atoms with van der Waals surface area (Å²) in [6.45, 7) is 3.63. The van der Waals surface area contributed by atoms with Crippen molar-refractivity contribution in [2.24, 2.45) is 11.8 Å². The zero-order chi connectivity index (χ0) is 47.8. The second-order valence-electron chi connectivity index (χ2n) is 15.3. The molecule has 0 radical (unpaired) electrons. The van der Waals surface area contributed by atoms with Crippen LogP contribution in [0.2, 0.25) is 0 Å². The summed E-state index contributed by atoms with van der Waals surface area (Å²) in [6.07, 6.45) is 5.71. The molecule has 1 heterocycles. The minimum absolute atomic E-state index is 0.139. The molecule has 67 heavy (non-hydrogen) atoms. The van der Waals surface area contributed by atoms with Crippen LogP contribution in [0.1, 0.15) is 63.6 Å². The molecule has 0 bridgehead atoms. The standard InChI is InChI=1S/C52H37F4NO10/c1-30(34-9-19-38(20-10-34)64-47(58)25-7-32-3-15-40(16-4-32)66-51(62)35-11-23-43(53)45(55)28-35)27-42-31(2)49(60)57(50(42)61)37-13-21-39(22-14-37)65-48(59)26-8-33-5-17-41(18-6-33)67-52(63)36-12-24-44(54)46(56)29-36/h3-26,28-31,42H,27H2,1-2H3/b25-7+,26-8+. The molecule has 7 rings (SSSR count). The summed E-state index contributed by atoms with van der Waals surface area (Å²) >= 11 is 0. The number of amides is 2. The number of halogens is 4. The highest BCUT2D eigenvalue weighted by Gasteiger charge is 2.46. The second kappa shape index (κ2) is 20.6. The van der Waals surface area contributed by atoms with Crippen molar-refractivity contribution in [2.45, 2.75) is 26.2 Å². The van der Waals surface area contributed by atoms with Gasteiger partial charge in [0.1, 0.15) is 23.0 Å². The van der Waals surface area contributed by atoms with E-state index in [1.165, 1.54) is 72.8 Å². The predicted octanol–water partition coefficient (Wildman–Crippen LogP) is 10.2. The first-order chi connectivity index (χ1) is 32.1. The summed E-state index contributed by atoms with van der Waals surface area (Å²) < 4.78 is 74.5. The maximum Gasteiger partial charge on any atom is 0.343 e. The molecule has 3 atom stereocenters. The second-order valence-corrected chi connectivity index (χ2v) is 15.3. The Labute approximate surface area is 380 Å². The highest BCUT2D eigenvalue weighted by atomic mass is 19.2. The van der Waals surface area contributed by atoms with Gasteiger partial charge in [0.15, 0.2) is 23.3 Å². The number of carbonyl (C=O) groups excluding carboxylic acids is 6. The van der Waals surface area contributed by atoms with Gasteiger partial charge in [-0.15, -0.1) is 0 Å². The van der Waals surface area contributed by atoms with Crippen molar-refractivity contribution < 1.29 is 65.3 Å². The number of nitrogens with zero attached hydrogens (tertiary/aromatic N) is 1. The van der Waals surface area contributed by atoms with Crippen LogP contribution >= 0.6 is 0 Å². The Kier molecular flexibility index (Phi) is 14.3. The number of hydrogen-bond donors (Lipinski definition) is 0. The highest BCUT2D eigenvalue weighted by molar-refractivity contribution is 6.22. The fourth-order valence-electron chi connectivity index (χ4n) is 6.97. The molecule has 6 aromatic carbocycles. The Bertz CT molecular complexity index is 2920. The lowest BCUT2D eigenvalue weighted by Crippen LogP contribution is -2.30. The van der Waals surface area contributed by atoms with Crippen molar-refractivity contribution in [2.75, 3.05) is 4.90 Å². The Morgan fingerprint density at radius 3 is 1.37 bits per heavy atom. The van der Waals surface area contributed by atoms with Crippen LogP contribution in [0.4, 0.5) is 23.2 Å². The van der Waals surface area contributed by atoms with Crippen molar-refractivity contribution in [1.29, 1.82) is 0 Å². The molecule has 0 N–H and O–H groups in total. The third kappa shape index (κ3) is 11.6. The zero-order valence-corrected chi connectivity index (χ0v) is 35.5. The van der Waals surface area contributed by atoms with Crippen molar-refractivity contribution in [1.82, 2.24) is 0 Å². The van der Waals surface area contributed by atoms with E-state index in [-0.39, 0.29) is 51.9 Å². The predicted molar refractivity (Wildman–Crippen MR) is 236 cm³/mol. The Morgan fingerprint density at radius 1 is 0.537 bits per heavy atom. The summed E-state index contributed by atoms with van der Waals surface area (Å²) in [4.78, 5) is 77.8. The van der Waals surface area contributed by atoms with Crippen LogP contribution in [0.3, 0.4) is 0 Å². The summed E-state index contributed by atoms with van der Waals surface area (Å²) in [7, 11) is 0. The number of hydrogen-bond acceptors (Lipinski definition) is 10. The minimum Gasteiger partial charge on any atom is -0.423 e. The van der Waals surface area contributed by atoms with Crippen LogP contribution in [-0.2, 0) is 19.2 Å². The molecular weight excluding hydrogens is 875 g/mol. The topological polar surface area (TPSA) is 143 Å². The van der Waals surface area contributed by atoms with E-state index in [4.69, 9.17) is 18.9 Å². The lowest BCUT2D eigenvalue weighted by Gasteiger charge is -2.18. The Balaban J connectivity index is 0.863. The molecule has 0 aliphatic carbocycles. The normalized spacial score (nSPS) is 15.2. The van der Waals surface area contributed by atoms with Gasteiger partial charge in [-0.25, -0.2) is 36.7 Å². The van der Waals surface area contributed by atoms with Crippen LogP contribution in [0.25, 0.3) is 12.2 Å². The van der Waals surface area contributed by atoms with Gasteiger partial charge < -0.3 is 18.9 Å². The van der Waals surface area contributed by atoms with E-state index in [2.05, 4.69) is 0 Å². The number of carbonyl (C=O) groups is 6. The van der Waals surface area contributed by atoms with Crippen LogP contribution in [-0.4, -0.2) is 35.7 Å². The number of imide groups is 1. The summed E-state index contributed by atoms with van der Waals surface area (Å²) in [5.74, 6) is -9.02. The fraction of sp³-hybridized carbons (Fsp3) is 0.115. The average molecular weight is 912 g/mol. The number of anilines is 1. The van der Waals surface area contributed by atoms with Crippen LogP contribution in [0, 0.1) is 35.1 Å². The van der Waals surface area contributed by atoms with E-state index >= 15 is 0 Å². The molecule has 338 valence electrons. The van der Waals surface area contributed by atoms with Crippen LogP contribution in [0.5, 0.6) is 23.0 Å². The molecule has 0 spiro atoms. The average Bonchev–Trinajstić information content (AvgIpc) is 3.52. The lowest BCUT2D eigenvalue weighted by atomic mass is 9.85. The molecule has 1 aliphatic rings. The first kappa shape index (κ1) is 46.5. The van der Waals surface area contributed by atoms with Gasteiger partial charge in [-0.2, -0.15) is 0 Å². The largest absolute Gasteiger partial charge is 0.423 e. The third-order valence-corrected chi connectivity index (χ3v) is 10.7. The van der Waals surface area contributed by atoms with Crippen molar-refractivity contribution in [3.05, 3.63) is 197 Å². The molecular formula is C52H37F4NO10. The summed E-state index contributed by atoms with van der Waals surface area (Å²) in [5.41, 5.74) is 1.99. The van der Waals surface area contributed by atoms with Crippen LogP contribution in [0.15, 0.2) is 146 Å². The van der Waals surface area contributed by atoms with E-state index in [0.717, 1.165) is 46.9 Å². The van der Waals surface area contributed by atoms with Gasteiger partial charge in [0.05, 0.1) is 22.7 Å². The minimum atomic E-state index is -1.18. The molecule has 1 fully saturated rings. The molecule has 6 aromatic rings. The van der Waals surface area contributed by atoms with E-state index in [9.17, 15) is 46.3 Å². The number of esters is 4. The van der Waals surface area contributed by atoms with Gasteiger partial charge in [0.25, 0.3) is 0 Å². The lowest BCUT2D eigenvalue weighted by molar-refractivity contribution is -0.129. The van der Waals surface area contributed by atoms with Gasteiger partial charge >= 0.3 is 23.9 Å². The molecule has 3 unspecified atom stereocenters. The van der Waals surface area contributed by atoms with E-state index in [1.807, 2.05) is 6.92 Å². The molecule has 0 saturated carbocycles. The van der Waals surface area contributed by atoms with E-state index < -0.39 is 59.0 Å². The fourth-order valence-corrected chi connectivity index (χ4v) is 6.97. The molecule has 15 heteroatoms. The molecule has 11 nitrogen and oxygen atoms in total. The SMILES string of the molecule is CC(CC1C(=O)N(c2ccc(OC(=O)/C=C/c3ccc(OC(=O)c4ccc(F)c(F)c4)cc3)cc2)C(=O)C1C)c1ccc(OC(=O)/C=C/c2ccc(OC(=O)c3ccc(F)c(F)c3)cc2)cc1. The molecule has 2 amide bonds. The third-order valence-electron chi connectivity index (χ3n) is 10.7. The van der Waals surface area contributed by atoms with Gasteiger partial charge in [-0.3, -0.25) is 14.5 Å². The Morgan fingerprint density at radius 2 is 0.940 bits per heavy atom. The summed E-state index contributed by atoms with van der Waals surface area (Å²) in [5, 5.41) is 0. The first-order valence-corrected chi connectivity index (χ1v) is 20.5. The van der Waals surface area contributed by atoms with Gasteiger partial charge in [0.2, 0.25) is 11.8 Å². The zero-order valence-electron chi connectivity index (χ0n) is 35.5. The maximum atomic E-state index is 13.7. The summed E-state index contributed by atoms with van der Waals surface area (Å²) in [6, 6.07) is 30.2. The van der Waals surface area contributed by atoms with Gasteiger partial charge in [0, 0.05) is 18.1 Å². The number of benzene rings is 6. The van der Waals surface area contributed by atoms with Crippen molar-refractivity contribution in [3.63, 3.8) is 0 Å². The van der Waals surface area contributed by atoms with Gasteiger partial charge in [-0.05, 0) is 138 Å². The number of ether oxygens (including phenoxy) is 4. The van der Waals surface area contributed by atoms with Crippen molar-refractivity contribution >= 4 is 53.5 Å². The van der Waals surface area contributed by atoms with Crippen molar-refractivity contribution in [3.8, 4) is 23.0 Å². The highest BCUT2D eigenvalue weighted by Crippen LogP contribution is 2.38. The quantitative estimate of drug-likeness (QED) is 0.0341. The van der Waals surface area contributed by atoms with Crippen LogP contribution < -0.4 is 23.8 Å². The molecule has 1 saturated heterocycles. The molecule has 0 aromatic heterocycles. The maximum absolute atomic E-state index is 13.7. The number of rotatable bonds is 14. The Hall–Kier alpha value is -8.46. The van der Waals surface area contributed by atoms with Gasteiger partial charge in [-0.1, -0.05) is 50.2 Å². The molecule has 1 aliphatic heterocycles. The van der Waals surface area contributed by atoms with E-state index in [0.29, 0.717) is 23.2 Å². The first-order valence-electron chi connectivity index (χ1n) is 20.5. The monoisotopic (exact) mass is 911 g/mol.